The van der Waals surface area contributed by atoms with Crippen LogP contribution in [0.3, 0.4) is 0 Å². The molecule has 2 atom stereocenters. The summed E-state index contributed by atoms with van der Waals surface area (Å²) in [5.74, 6) is 1.65. The number of nitrogens with one attached hydrogen (secondary N) is 1. The molecule has 0 saturated carbocycles. The molecule has 2 N–H and O–H groups in total. The number of piperidine rings is 1. The molecule has 1 saturated heterocycles. The second kappa shape index (κ2) is 6.75. The number of phenols is 1. The molecule has 20 heavy (non-hydrogen) atoms. The smallest absolute Gasteiger partial charge is 0.211 e. The van der Waals surface area contributed by atoms with E-state index in [1.807, 2.05) is 12.1 Å². The maximum Gasteiger partial charge on any atom is 0.211 e. The first-order valence-corrected chi connectivity index (χ1v) is 7.33. The minimum absolute atomic E-state index is 0.112. The molecule has 110 valence electrons. The highest BCUT2D eigenvalue weighted by Crippen LogP contribution is 2.25. The van der Waals surface area contributed by atoms with Crippen molar-refractivity contribution in [1.29, 1.82) is 0 Å². The van der Waals surface area contributed by atoms with Gasteiger partial charge in [0.2, 0.25) is 6.41 Å². The summed E-state index contributed by atoms with van der Waals surface area (Å²) in [6.45, 7) is 7.99. The van der Waals surface area contributed by atoms with Crippen molar-refractivity contribution >= 4 is 12.1 Å². The lowest BCUT2D eigenvalue weighted by Crippen LogP contribution is -2.39. The molecule has 1 heterocycles. The number of hydrogen-bond acceptors (Lipinski definition) is 3. The lowest BCUT2D eigenvalue weighted by molar-refractivity contribution is -0.105. The number of amides is 1. The average molecular weight is 276 g/mol. The highest BCUT2D eigenvalue weighted by atomic mass is 16.3. The van der Waals surface area contributed by atoms with Gasteiger partial charge in [0.1, 0.15) is 5.75 Å². The van der Waals surface area contributed by atoms with Crippen molar-refractivity contribution < 1.29 is 9.90 Å². The van der Waals surface area contributed by atoms with Crippen LogP contribution in [0.1, 0.15) is 25.8 Å². The molecule has 0 spiro atoms. The van der Waals surface area contributed by atoms with E-state index in [9.17, 15) is 9.90 Å². The number of carbonyl (C=O) groups excluding carboxylic acids is 1. The molecule has 4 nitrogen and oxygen atoms in total. The third-order valence-corrected chi connectivity index (χ3v) is 3.94. The van der Waals surface area contributed by atoms with Crippen molar-refractivity contribution in [3.8, 4) is 5.75 Å². The molecule has 0 aliphatic carbocycles. The molecule has 1 aliphatic rings. The van der Waals surface area contributed by atoms with Crippen LogP contribution >= 0.6 is 0 Å². The fourth-order valence-electron chi connectivity index (χ4n) is 3.18. The summed E-state index contributed by atoms with van der Waals surface area (Å²) in [5.41, 5.74) is 1.62. The first-order valence-electron chi connectivity index (χ1n) is 7.33. The van der Waals surface area contributed by atoms with Gasteiger partial charge < -0.3 is 15.3 Å². The monoisotopic (exact) mass is 276 g/mol. The summed E-state index contributed by atoms with van der Waals surface area (Å²) < 4.78 is 0. The summed E-state index contributed by atoms with van der Waals surface area (Å²) in [6, 6.07) is 5.41. The predicted octanol–water partition coefficient (Wildman–Crippen LogP) is 2.48. The van der Waals surface area contributed by atoms with E-state index in [1.54, 1.807) is 6.07 Å². The van der Waals surface area contributed by atoms with Crippen LogP contribution in [-0.4, -0.2) is 36.1 Å². The molecule has 1 aromatic rings. The topological polar surface area (TPSA) is 52.6 Å². The maximum atomic E-state index is 10.5. The summed E-state index contributed by atoms with van der Waals surface area (Å²) in [6.07, 6.45) is 2.85. The first kappa shape index (κ1) is 14.9. The predicted molar refractivity (Wildman–Crippen MR) is 80.9 cm³/mol. The number of aromatic hydroxyl groups is 1. The molecule has 1 aromatic carbocycles. The molecule has 1 aliphatic heterocycles. The Hall–Kier alpha value is -1.55. The van der Waals surface area contributed by atoms with Crippen LogP contribution in [0.4, 0.5) is 5.69 Å². The number of phenolic OH excluding ortho intramolecular Hbond substituents is 1. The largest absolute Gasteiger partial charge is 0.506 e. The molecular formula is C16H24N2O2. The van der Waals surface area contributed by atoms with Crippen molar-refractivity contribution in [3.05, 3.63) is 23.8 Å². The lowest BCUT2D eigenvalue weighted by Gasteiger charge is -2.35. The van der Waals surface area contributed by atoms with Crippen LogP contribution in [0, 0.1) is 11.8 Å². The van der Waals surface area contributed by atoms with Crippen LogP contribution in [0.2, 0.25) is 0 Å². The van der Waals surface area contributed by atoms with Gasteiger partial charge in [-0.3, -0.25) is 4.79 Å². The molecule has 2 rings (SSSR count). The van der Waals surface area contributed by atoms with Gasteiger partial charge in [-0.2, -0.15) is 0 Å². The van der Waals surface area contributed by atoms with Crippen molar-refractivity contribution in [1.82, 2.24) is 4.90 Å². The van der Waals surface area contributed by atoms with E-state index in [2.05, 4.69) is 24.1 Å². The van der Waals surface area contributed by atoms with Crippen molar-refractivity contribution in [2.75, 3.05) is 25.0 Å². The third kappa shape index (κ3) is 3.97. The molecule has 1 amide bonds. The summed E-state index contributed by atoms with van der Waals surface area (Å²) >= 11 is 0. The van der Waals surface area contributed by atoms with Gasteiger partial charge in [0.05, 0.1) is 5.69 Å². The Bertz CT molecular complexity index is 452. The van der Waals surface area contributed by atoms with Crippen molar-refractivity contribution in [2.45, 2.75) is 26.7 Å². The molecule has 0 radical (unpaired) electrons. The zero-order valence-corrected chi connectivity index (χ0v) is 12.3. The highest BCUT2D eigenvalue weighted by molar-refractivity contribution is 5.75. The van der Waals surface area contributed by atoms with Gasteiger partial charge >= 0.3 is 0 Å². The minimum Gasteiger partial charge on any atom is -0.506 e. The van der Waals surface area contributed by atoms with Gasteiger partial charge in [-0.25, -0.2) is 0 Å². The Morgan fingerprint density at radius 2 is 2.05 bits per heavy atom. The Morgan fingerprint density at radius 3 is 2.70 bits per heavy atom. The van der Waals surface area contributed by atoms with Crippen molar-refractivity contribution in [3.63, 3.8) is 0 Å². The van der Waals surface area contributed by atoms with Crippen LogP contribution in [0.5, 0.6) is 5.75 Å². The number of anilines is 1. The zero-order valence-electron chi connectivity index (χ0n) is 12.3. The molecule has 0 bridgehead atoms. The Kier molecular flexibility index (Phi) is 5.01. The van der Waals surface area contributed by atoms with E-state index in [0.29, 0.717) is 12.1 Å². The third-order valence-electron chi connectivity index (χ3n) is 3.94. The molecule has 2 unspecified atom stereocenters. The summed E-state index contributed by atoms with van der Waals surface area (Å²) in [4.78, 5) is 13.0. The van der Waals surface area contributed by atoms with Gasteiger partial charge in [-0.05, 0) is 42.4 Å². The van der Waals surface area contributed by atoms with E-state index in [1.165, 1.54) is 19.5 Å². The zero-order chi connectivity index (χ0) is 14.5. The Balaban J connectivity index is 1.93. The quantitative estimate of drug-likeness (QED) is 0.641. The second-order valence-corrected chi connectivity index (χ2v) is 6.07. The number of carbonyl (C=O) groups is 1. The number of likely N-dealkylation sites (tertiary alicyclic amines) is 1. The van der Waals surface area contributed by atoms with Crippen molar-refractivity contribution in [2.24, 2.45) is 11.8 Å². The summed E-state index contributed by atoms with van der Waals surface area (Å²) in [5, 5.41) is 12.1. The average Bonchev–Trinajstić information content (AvgIpc) is 2.39. The van der Waals surface area contributed by atoms with Gasteiger partial charge in [-0.15, -0.1) is 0 Å². The maximum absolute atomic E-state index is 10.5. The van der Waals surface area contributed by atoms with Gasteiger partial charge in [0.25, 0.3) is 0 Å². The van der Waals surface area contributed by atoms with Crippen LogP contribution in [0.15, 0.2) is 18.2 Å². The lowest BCUT2D eigenvalue weighted by atomic mass is 9.91. The van der Waals surface area contributed by atoms with E-state index >= 15 is 0 Å². The Labute approximate surface area is 120 Å². The van der Waals surface area contributed by atoms with Crippen LogP contribution in [0.25, 0.3) is 0 Å². The van der Waals surface area contributed by atoms with E-state index < -0.39 is 0 Å². The van der Waals surface area contributed by atoms with Crippen LogP contribution < -0.4 is 5.32 Å². The fourth-order valence-corrected chi connectivity index (χ4v) is 3.18. The highest BCUT2D eigenvalue weighted by Gasteiger charge is 2.21. The van der Waals surface area contributed by atoms with E-state index in [4.69, 9.17) is 0 Å². The number of hydrogen-bond donors (Lipinski definition) is 2. The second-order valence-electron chi connectivity index (χ2n) is 6.07. The molecular weight excluding hydrogens is 252 g/mol. The van der Waals surface area contributed by atoms with Crippen LogP contribution in [-0.2, 0) is 11.2 Å². The van der Waals surface area contributed by atoms with Gasteiger partial charge in [-0.1, -0.05) is 19.9 Å². The Morgan fingerprint density at radius 1 is 1.35 bits per heavy atom. The SMILES string of the molecule is CC1CC(C)CN(CCc2ccc(O)c(NC=O)c2)C1. The standard InChI is InChI=1S/C16H24N2O2/c1-12-7-13(2)10-18(9-12)6-5-14-3-4-16(20)15(8-14)17-11-19/h3-4,8,11-13,20H,5-7,9-10H2,1-2H3,(H,17,19). The molecule has 0 aromatic heterocycles. The number of nitrogens with zero attached hydrogens (tertiary/aromatic N) is 1. The fraction of sp³-hybridized carbons (Fsp3) is 0.562. The van der Waals surface area contributed by atoms with E-state index in [0.717, 1.165) is 30.4 Å². The molecule has 1 fully saturated rings. The molecule has 4 heteroatoms. The van der Waals surface area contributed by atoms with E-state index in [-0.39, 0.29) is 5.75 Å². The first-order chi connectivity index (χ1) is 9.58. The number of rotatable bonds is 5. The number of benzene rings is 1. The normalized spacial score (nSPS) is 23.5. The summed E-state index contributed by atoms with van der Waals surface area (Å²) in [7, 11) is 0. The minimum atomic E-state index is 0.112. The van der Waals surface area contributed by atoms with Gasteiger partial charge in [0.15, 0.2) is 0 Å². The van der Waals surface area contributed by atoms with Gasteiger partial charge in [0, 0.05) is 19.6 Å².